The minimum atomic E-state index is -0.206. The molecule has 7 nitrogen and oxygen atoms in total. The van der Waals surface area contributed by atoms with E-state index in [4.69, 9.17) is 0 Å². The van der Waals surface area contributed by atoms with Gasteiger partial charge in [0.2, 0.25) is 0 Å². The number of carbonyl (C=O) groups excluding carboxylic acids is 3. The topological polar surface area (TPSA) is 64.2 Å². The maximum atomic E-state index is 13.5. The Morgan fingerprint density at radius 1 is 0.405 bits per heavy atom. The van der Waals surface area contributed by atoms with Gasteiger partial charge < -0.3 is 19.6 Å². The SMILES string of the molecule is O=C(c1cccc(C(=O)N2CCN(c3ccccc3)CC2)c1)c1cccc(C(=O)N2CCN(c3ccccc3)CC2)c1. The van der Waals surface area contributed by atoms with Gasteiger partial charge in [-0.25, -0.2) is 0 Å². The Hall–Kier alpha value is -4.91. The largest absolute Gasteiger partial charge is 0.368 e. The number of amides is 2. The zero-order valence-corrected chi connectivity index (χ0v) is 23.6. The van der Waals surface area contributed by atoms with Crippen LogP contribution in [0.15, 0.2) is 109 Å². The fourth-order valence-electron chi connectivity index (χ4n) is 5.73. The fraction of sp³-hybridized carbons (Fsp3) is 0.229. The van der Waals surface area contributed by atoms with Gasteiger partial charge in [0.25, 0.3) is 11.8 Å². The molecule has 42 heavy (non-hydrogen) atoms. The molecule has 0 radical (unpaired) electrons. The maximum absolute atomic E-state index is 13.5. The second-order valence-corrected chi connectivity index (χ2v) is 10.7. The average Bonchev–Trinajstić information content (AvgIpc) is 3.08. The molecule has 2 saturated heterocycles. The number of anilines is 2. The van der Waals surface area contributed by atoms with Crippen LogP contribution < -0.4 is 9.80 Å². The van der Waals surface area contributed by atoms with E-state index in [1.54, 1.807) is 48.5 Å². The van der Waals surface area contributed by atoms with E-state index in [2.05, 4.69) is 34.1 Å². The van der Waals surface area contributed by atoms with Crippen LogP contribution >= 0.6 is 0 Å². The Bertz CT molecular complexity index is 1440. The molecule has 4 aromatic carbocycles. The van der Waals surface area contributed by atoms with Crippen molar-refractivity contribution in [1.29, 1.82) is 0 Å². The summed E-state index contributed by atoms with van der Waals surface area (Å²) < 4.78 is 0. The normalized spacial score (nSPS) is 15.4. The van der Waals surface area contributed by atoms with Crippen LogP contribution in [0.4, 0.5) is 11.4 Å². The van der Waals surface area contributed by atoms with Crippen molar-refractivity contribution in [1.82, 2.24) is 9.80 Å². The lowest BCUT2D eigenvalue weighted by molar-refractivity contribution is 0.0739. The van der Waals surface area contributed by atoms with E-state index in [1.165, 1.54) is 0 Å². The van der Waals surface area contributed by atoms with Crippen LogP contribution in [-0.2, 0) is 0 Å². The summed E-state index contributed by atoms with van der Waals surface area (Å²) in [6.07, 6.45) is 0. The van der Waals surface area contributed by atoms with E-state index in [-0.39, 0.29) is 17.6 Å². The first-order valence-electron chi connectivity index (χ1n) is 14.5. The number of piperazine rings is 2. The van der Waals surface area contributed by atoms with Gasteiger partial charge in [-0.3, -0.25) is 14.4 Å². The predicted octanol–water partition coefficient (Wildman–Crippen LogP) is 4.84. The van der Waals surface area contributed by atoms with Crippen LogP contribution in [0.25, 0.3) is 0 Å². The first-order chi connectivity index (χ1) is 20.6. The summed E-state index contributed by atoms with van der Waals surface area (Å²) in [5, 5.41) is 0. The van der Waals surface area contributed by atoms with Gasteiger partial charge in [0, 0.05) is 86.0 Å². The molecule has 0 unspecified atom stereocenters. The molecule has 212 valence electrons. The van der Waals surface area contributed by atoms with Crippen LogP contribution in [0, 0.1) is 0 Å². The lowest BCUT2D eigenvalue weighted by atomic mass is 9.99. The minimum Gasteiger partial charge on any atom is -0.368 e. The first-order valence-corrected chi connectivity index (χ1v) is 14.5. The highest BCUT2D eigenvalue weighted by Gasteiger charge is 2.25. The quantitative estimate of drug-likeness (QED) is 0.317. The Morgan fingerprint density at radius 2 is 0.762 bits per heavy atom. The van der Waals surface area contributed by atoms with Gasteiger partial charge >= 0.3 is 0 Å². The van der Waals surface area contributed by atoms with Gasteiger partial charge in [-0.15, -0.1) is 0 Å². The summed E-state index contributed by atoms with van der Waals surface area (Å²) in [6.45, 7) is 5.52. The molecule has 4 aromatic rings. The van der Waals surface area contributed by atoms with Crippen molar-refractivity contribution >= 4 is 29.0 Å². The molecule has 0 N–H and O–H groups in total. The third-order valence-electron chi connectivity index (χ3n) is 8.12. The average molecular weight is 559 g/mol. The van der Waals surface area contributed by atoms with Crippen molar-refractivity contribution in [3.63, 3.8) is 0 Å². The van der Waals surface area contributed by atoms with Crippen LogP contribution in [0.3, 0.4) is 0 Å². The summed E-state index contributed by atoms with van der Waals surface area (Å²) in [6, 6.07) is 34.2. The molecular weight excluding hydrogens is 524 g/mol. The molecule has 0 spiro atoms. The molecule has 2 heterocycles. The van der Waals surface area contributed by atoms with Crippen molar-refractivity contribution in [2.24, 2.45) is 0 Å². The Balaban J connectivity index is 1.09. The molecule has 0 aliphatic carbocycles. The molecule has 2 aliphatic heterocycles. The summed E-state index contributed by atoms with van der Waals surface area (Å²) in [5.41, 5.74) is 4.18. The third-order valence-corrected chi connectivity index (χ3v) is 8.12. The van der Waals surface area contributed by atoms with Crippen LogP contribution in [0.5, 0.6) is 0 Å². The lowest BCUT2D eigenvalue weighted by Crippen LogP contribution is -2.48. The van der Waals surface area contributed by atoms with Gasteiger partial charge in [-0.05, 0) is 48.5 Å². The number of hydrogen-bond acceptors (Lipinski definition) is 5. The van der Waals surface area contributed by atoms with Crippen molar-refractivity contribution < 1.29 is 14.4 Å². The van der Waals surface area contributed by atoms with Gasteiger partial charge in [-0.1, -0.05) is 60.7 Å². The number of para-hydroxylation sites is 2. The molecule has 7 heteroatoms. The summed E-state index contributed by atoms with van der Waals surface area (Å²) in [4.78, 5) is 48.4. The molecular formula is C35H34N4O3. The fourth-order valence-corrected chi connectivity index (χ4v) is 5.73. The van der Waals surface area contributed by atoms with E-state index in [0.29, 0.717) is 48.4 Å². The first kappa shape index (κ1) is 27.3. The Labute approximate surface area is 246 Å². The highest BCUT2D eigenvalue weighted by Crippen LogP contribution is 2.20. The second-order valence-electron chi connectivity index (χ2n) is 10.7. The number of carbonyl (C=O) groups is 3. The highest BCUT2D eigenvalue weighted by molar-refractivity contribution is 6.11. The molecule has 0 atom stereocenters. The highest BCUT2D eigenvalue weighted by atomic mass is 16.2. The second kappa shape index (κ2) is 12.3. The van der Waals surface area contributed by atoms with E-state index in [9.17, 15) is 14.4 Å². The molecule has 6 rings (SSSR count). The van der Waals surface area contributed by atoms with Gasteiger partial charge in [-0.2, -0.15) is 0 Å². The molecule has 2 aliphatic rings. The Kier molecular flexibility index (Phi) is 7.99. The lowest BCUT2D eigenvalue weighted by Gasteiger charge is -2.36. The Morgan fingerprint density at radius 3 is 1.14 bits per heavy atom. The summed E-state index contributed by atoms with van der Waals surface area (Å²) in [7, 11) is 0. The van der Waals surface area contributed by atoms with Crippen molar-refractivity contribution in [3.05, 3.63) is 131 Å². The molecule has 0 bridgehead atoms. The molecule has 2 amide bonds. The molecule has 0 aromatic heterocycles. The van der Waals surface area contributed by atoms with Gasteiger partial charge in [0.15, 0.2) is 5.78 Å². The van der Waals surface area contributed by atoms with Crippen molar-refractivity contribution in [2.75, 3.05) is 62.2 Å². The zero-order valence-electron chi connectivity index (χ0n) is 23.6. The number of rotatable bonds is 6. The van der Waals surface area contributed by atoms with Crippen molar-refractivity contribution in [2.45, 2.75) is 0 Å². The smallest absolute Gasteiger partial charge is 0.253 e. The number of hydrogen-bond donors (Lipinski definition) is 0. The maximum Gasteiger partial charge on any atom is 0.253 e. The van der Waals surface area contributed by atoms with E-state index < -0.39 is 0 Å². The monoisotopic (exact) mass is 558 g/mol. The van der Waals surface area contributed by atoms with Crippen LogP contribution in [0.2, 0.25) is 0 Å². The minimum absolute atomic E-state index is 0.0732. The van der Waals surface area contributed by atoms with E-state index in [1.807, 2.05) is 46.2 Å². The summed E-state index contributed by atoms with van der Waals surface area (Å²) >= 11 is 0. The number of benzene rings is 4. The molecule has 0 saturated carbocycles. The molecule has 2 fully saturated rings. The third kappa shape index (κ3) is 5.91. The predicted molar refractivity (Wildman–Crippen MR) is 165 cm³/mol. The van der Waals surface area contributed by atoms with Gasteiger partial charge in [0.1, 0.15) is 0 Å². The number of nitrogens with zero attached hydrogens (tertiary/aromatic N) is 4. The van der Waals surface area contributed by atoms with E-state index >= 15 is 0 Å². The standard InChI is InChI=1S/C35H34N4O3/c40-33(27-9-7-11-29(25-27)34(41)38-21-17-36(18-22-38)31-13-3-1-4-14-31)28-10-8-12-30(26-28)35(42)39-23-19-37(20-24-39)32-15-5-2-6-16-32/h1-16,25-26H,17-24H2. The van der Waals surface area contributed by atoms with Gasteiger partial charge in [0.05, 0.1) is 0 Å². The van der Waals surface area contributed by atoms with Crippen LogP contribution in [0.1, 0.15) is 36.6 Å². The summed E-state index contributed by atoms with van der Waals surface area (Å²) in [5.74, 6) is -0.353. The van der Waals surface area contributed by atoms with E-state index in [0.717, 1.165) is 37.6 Å². The number of ketones is 1. The van der Waals surface area contributed by atoms with Crippen molar-refractivity contribution in [3.8, 4) is 0 Å². The van der Waals surface area contributed by atoms with Crippen LogP contribution in [-0.4, -0.2) is 79.8 Å². The zero-order chi connectivity index (χ0) is 28.9.